The molecule has 0 N–H and O–H groups in total. The number of carbonyl (C=O) groups is 2. The summed E-state index contributed by atoms with van der Waals surface area (Å²) in [5.41, 5.74) is 7.37. The first kappa shape index (κ1) is 61.8. The van der Waals surface area contributed by atoms with Crippen molar-refractivity contribution in [1.29, 1.82) is 0 Å². The predicted octanol–water partition coefficient (Wildman–Crippen LogP) is 20.8. The molecule has 0 amide bonds. The minimum Gasteiger partial charge on any atom is -0.487 e. The van der Waals surface area contributed by atoms with Gasteiger partial charge in [0.15, 0.2) is 11.6 Å². The van der Waals surface area contributed by atoms with Gasteiger partial charge in [-0.1, -0.05) is 147 Å². The second kappa shape index (κ2) is 26.5. The summed E-state index contributed by atoms with van der Waals surface area (Å²) < 4.78 is 53.8. The molecule has 0 saturated heterocycles. The summed E-state index contributed by atoms with van der Waals surface area (Å²) in [4.78, 5) is 26.5. The van der Waals surface area contributed by atoms with Crippen molar-refractivity contribution in [3.8, 4) is 34.5 Å². The molecule has 0 heterocycles. The lowest BCUT2D eigenvalue weighted by atomic mass is 9.65. The lowest BCUT2D eigenvalue weighted by Gasteiger charge is -2.39. The Bertz CT molecular complexity index is 4150. The standard InChI is InChI=1S/C79H72Cl2O8S/c1-54(55-10-12-56(13-11-55)75(82)57-14-30-65(80)31-15-57)86-67-36-20-61(21-37-67)78(50-6-4-7-51-78)62-24-40-70(41-25-62)88-71-44-48-74(49-45-71)90(84,85)73-46-28-60(29-47-73)77(2,3)89-72-42-26-64(27-43-72)79(52-8-5-9-53-79)63-22-38-69(39-23-63)87-68-34-18-59(19-35-68)76(83)58-16-32-66(81)33-17-58/h10-28,30-49,54,60H,4-9,29,50-53H2,1-3H3. The van der Waals surface area contributed by atoms with E-state index >= 15 is 0 Å². The van der Waals surface area contributed by atoms with Gasteiger partial charge < -0.3 is 18.9 Å². The van der Waals surface area contributed by atoms with Gasteiger partial charge in [-0.3, -0.25) is 9.59 Å². The first-order valence-electron chi connectivity index (χ1n) is 31.2. The summed E-state index contributed by atoms with van der Waals surface area (Å²) in [6, 6.07) is 69.0. The smallest absolute Gasteiger partial charge is 0.206 e. The SMILES string of the molecule is CC(Oc1ccc(C2(c3ccc(Oc4ccc(S(=O)(=O)C5=CCC(C(C)(C)Oc6ccc(C7(c8ccc(Oc9ccc(C(=O)c%10ccc(Cl)cc%10)cc9)cc8)CCCCC7)cc6)C=C5)cc4)cc3)CCCCC2)cc1)c1ccc(C(=O)c2ccc(Cl)cc2)cc1. The van der Waals surface area contributed by atoms with Crippen LogP contribution in [0.2, 0.25) is 10.0 Å². The zero-order valence-electron chi connectivity index (χ0n) is 50.9. The normalized spacial score (nSPS) is 16.7. The molecule has 11 heteroatoms. The van der Waals surface area contributed by atoms with Crippen molar-refractivity contribution in [3.05, 3.63) is 302 Å². The van der Waals surface area contributed by atoms with E-state index in [0.717, 1.165) is 74.2 Å². The second-order valence-electron chi connectivity index (χ2n) is 24.7. The third kappa shape index (κ3) is 13.5. The van der Waals surface area contributed by atoms with E-state index in [1.54, 1.807) is 91.0 Å². The van der Waals surface area contributed by atoms with Crippen LogP contribution < -0.4 is 18.9 Å². The fraction of sp³-hybridized carbons (Fsp3) is 0.241. The molecular weight excluding hydrogens is 1180 g/mol. The average Bonchev–Trinajstić information content (AvgIpc) is 1.54. The third-order valence-corrected chi connectivity index (χ3v) is 20.9. The summed E-state index contributed by atoms with van der Waals surface area (Å²) >= 11 is 12.1. The molecule has 12 rings (SSSR count). The van der Waals surface area contributed by atoms with Crippen molar-refractivity contribution in [3.63, 3.8) is 0 Å². The Kier molecular flexibility index (Phi) is 18.2. The van der Waals surface area contributed by atoms with E-state index in [1.165, 1.54) is 35.1 Å². The highest BCUT2D eigenvalue weighted by Gasteiger charge is 2.38. The molecule has 2 fully saturated rings. The summed E-state index contributed by atoms with van der Waals surface area (Å²) in [7, 11) is -3.80. The molecule has 0 spiro atoms. The Morgan fingerprint density at radius 1 is 0.456 bits per heavy atom. The topological polar surface area (TPSA) is 105 Å². The molecular formula is C79H72Cl2O8S. The minimum absolute atomic E-state index is 0.0549. The van der Waals surface area contributed by atoms with Crippen LogP contribution in [0.4, 0.5) is 0 Å². The number of allylic oxidation sites excluding steroid dienone is 2. The first-order valence-corrected chi connectivity index (χ1v) is 33.5. The average molecular weight is 1250 g/mol. The molecule has 3 aliphatic carbocycles. The highest BCUT2D eigenvalue weighted by Crippen LogP contribution is 2.48. The lowest BCUT2D eigenvalue weighted by Crippen LogP contribution is -2.37. The molecule has 0 radical (unpaired) electrons. The van der Waals surface area contributed by atoms with Gasteiger partial charge in [0.1, 0.15) is 46.2 Å². The maximum absolute atomic E-state index is 14.1. The largest absolute Gasteiger partial charge is 0.487 e. The molecule has 0 bridgehead atoms. The number of sulfone groups is 1. The zero-order chi connectivity index (χ0) is 62.5. The molecule has 2 unspecified atom stereocenters. The third-order valence-electron chi connectivity index (χ3n) is 18.6. The van der Waals surface area contributed by atoms with Crippen molar-refractivity contribution >= 4 is 44.6 Å². The van der Waals surface area contributed by atoms with Gasteiger partial charge in [-0.15, -0.1) is 0 Å². The summed E-state index contributed by atoms with van der Waals surface area (Å²) in [5.74, 6) is 3.91. The fourth-order valence-corrected chi connectivity index (χ4v) is 14.9. The van der Waals surface area contributed by atoms with E-state index in [0.29, 0.717) is 56.0 Å². The van der Waals surface area contributed by atoms with Crippen LogP contribution in [-0.2, 0) is 20.7 Å². The van der Waals surface area contributed by atoms with Gasteiger partial charge in [0.25, 0.3) is 0 Å². The van der Waals surface area contributed by atoms with Crippen molar-refractivity contribution in [2.75, 3.05) is 0 Å². The molecule has 3 aliphatic rings. The molecule has 9 aromatic carbocycles. The molecule has 90 heavy (non-hydrogen) atoms. The van der Waals surface area contributed by atoms with Crippen LogP contribution >= 0.6 is 23.2 Å². The second-order valence-corrected chi connectivity index (χ2v) is 27.5. The monoisotopic (exact) mass is 1250 g/mol. The Labute approximate surface area is 539 Å². The Morgan fingerprint density at radius 2 is 0.800 bits per heavy atom. The molecule has 2 saturated carbocycles. The molecule has 0 aliphatic heterocycles. The molecule has 0 aromatic heterocycles. The highest BCUT2D eigenvalue weighted by atomic mass is 35.5. The number of halogens is 2. The van der Waals surface area contributed by atoms with E-state index in [-0.39, 0.29) is 44.2 Å². The number of benzene rings is 9. The van der Waals surface area contributed by atoms with Crippen LogP contribution in [-0.4, -0.2) is 25.6 Å². The number of ether oxygens (including phenoxy) is 4. The van der Waals surface area contributed by atoms with Gasteiger partial charge in [0.2, 0.25) is 9.84 Å². The van der Waals surface area contributed by atoms with Gasteiger partial charge in [0.05, 0.1) is 9.80 Å². The number of rotatable bonds is 20. The van der Waals surface area contributed by atoms with E-state index in [1.807, 2.05) is 79.7 Å². The summed E-state index contributed by atoms with van der Waals surface area (Å²) in [6.07, 6.45) is 16.8. The molecule has 456 valence electrons. The predicted molar refractivity (Wildman–Crippen MR) is 359 cm³/mol. The maximum atomic E-state index is 14.1. The Hall–Kier alpha value is -8.47. The van der Waals surface area contributed by atoms with Gasteiger partial charge in [-0.05, 0) is 232 Å². The van der Waals surface area contributed by atoms with Crippen LogP contribution in [0.25, 0.3) is 0 Å². The van der Waals surface area contributed by atoms with E-state index in [2.05, 4.69) is 86.6 Å². The Morgan fingerprint density at radius 3 is 1.19 bits per heavy atom. The van der Waals surface area contributed by atoms with Gasteiger partial charge >= 0.3 is 0 Å². The minimum atomic E-state index is -3.80. The van der Waals surface area contributed by atoms with E-state index < -0.39 is 15.4 Å². The maximum Gasteiger partial charge on any atom is 0.206 e. The number of hydrogen-bond donors (Lipinski definition) is 0. The molecule has 9 aromatic rings. The highest BCUT2D eigenvalue weighted by molar-refractivity contribution is 7.95. The lowest BCUT2D eigenvalue weighted by molar-refractivity contribution is 0.0650. The van der Waals surface area contributed by atoms with Crippen molar-refractivity contribution < 1.29 is 37.0 Å². The summed E-state index contributed by atoms with van der Waals surface area (Å²) in [6.45, 7) is 6.13. The van der Waals surface area contributed by atoms with Crippen LogP contribution in [0, 0.1) is 5.92 Å². The number of ketones is 2. The van der Waals surface area contributed by atoms with Crippen LogP contribution in [0.3, 0.4) is 0 Å². The van der Waals surface area contributed by atoms with Crippen molar-refractivity contribution in [2.24, 2.45) is 5.92 Å². The fourth-order valence-electron chi connectivity index (χ4n) is 13.4. The quantitative estimate of drug-likeness (QED) is 0.0695. The molecule has 8 nitrogen and oxygen atoms in total. The first-order chi connectivity index (χ1) is 43.5. The van der Waals surface area contributed by atoms with Crippen molar-refractivity contribution in [1.82, 2.24) is 0 Å². The van der Waals surface area contributed by atoms with Gasteiger partial charge in [-0.2, -0.15) is 0 Å². The van der Waals surface area contributed by atoms with Gasteiger partial charge in [-0.25, -0.2) is 8.42 Å². The number of carbonyl (C=O) groups excluding carboxylic acids is 2. The van der Waals surface area contributed by atoms with Gasteiger partial charge in [0, 0.05) is 49.0 Å². The van der Waals surface area contributed by atoms with E-state index in [4.69, 9.17) is 42.1 Å². The van der Waals surface area contributed by atoms with Crippen molar-refractivity contribution in [2.45, 2.75) is 119 Å². The zero-order valence-corrected chi connectivity index (χ0v) is 53.2. The Balaban J connectivity index is 0.638. The van der Waals surface area contributed by atoms with E-state index in [9.17, 15) is 18.0 Å². The van der Waals surface area contributed by atoms with Crippen LogP contribution in [0.1, 0.15) is 157 Å². The summed E-state index contributed by atoms with van der Waals surface area (Å²) in [5, 5.41) is 1.18. The van der Waals surface area contributed by atoms with Crippen LogP contribution in [0.15, 0.2) is 246 Å². The number of hydrogen-bond acceptors (Lipinski definition) is 8. The van der Waals surface area contributed by atoms with Crippen LogP contribution in [0.5, 0.6) is 34.5 Å². The molecule has 2 atom stereocenters.